The number of rotatable bonds is 1. The molecule has 1 aliphatic carbocycles. The number of nitrogens with zero attached hydrogens (tertiary/aromatic N) is 3. The van der Waals surface area contributed by atoms with Crippen molar-refractivity contribution in [2.24, 2.45) is 0 Å². The Kier molecular flexibility index (Phi) is 2.39. The molecule has 0 saturated heterocycles. The van der Waals surface area contributed by atoms with E-state index >= 15 is 0 Å². The van der Waals surface area contributed by atoms with Gasteiger partial charge in [0.2, 0.25) is 0 Å². The molecule has 0 spiro atoms. The summed E-state index contributed by atoms with van der Waals surface area (Å²) in [6, 6.07) is 0.560. The van der Waals surface area contributed by atoms with Crippen LogP contribution in [0.25, 0.3) is 0 Å². The van der Waals surface area contributed by atoms with Crippen LogP contribution in [0.1, 0.15) is 49.4 Å². The van der Waals surface area contributed by atoms with Crippen molar-refractivity contribution in [2.45, 2.75) is 51.2 Å². The zero-order valence-corrected chi connectivity index (χ0v) is 9.95. The first kappa shape index (κ1) is 10.1. The van der Waals surface area contributed by atoms with Crippen LogP contribution in [0.5, 0.6) is 0 Å². The van der Waals surface area contributed by atoms with Crippen molar-refractivity contribution < 1.29 is 0 Å². The molecule has 0 unspecified atom stereocenters. The van der Waals surface area contributed by atoms with Crippen molar-refractivity contribution in [2.75, 3.05) is 12.8 Å². The van der Waals surface area contributed by atoms with Crippen molar-refractivity contribution in [3.8, 4) is 0 Å². The average Bonchev–Trinajstić information content (AvgIpc) is 2.79. The van der Waals surface area contributed by atoms with Gasteiger partial charge in [0.25, 0.3) is 0 Å². The van der Waals surface area contributed by atoms with E-state index < -0.39 is 0 Å². The minimum Gasteiger partial charge on any atom is -0.384 e. The molecule has 4 heteroatoms. The highest BCUT2D eigenvalue weighted by atomic mass is 15.4. The maximum atomic E-state index is 6.22. The second kappa shape index (κ2) is 3.77. The van der Waals surface area contributed by atoms with Crippen molar-refractivity contribution in [1.29, 1.82) is 0 Å². The minimum atomic E-state index is 0.560. The second-order valence-corrected chi connectivity index (χ2v) is 5.22. The fraction of sp³-hybridized carbons (Fsp3) is 0.750. The van der Waals surface area contributed by atoms with Gasteiger partial charge in [-0.15, -0.1) is 0 Å². The van der Waals surface area contributed by atoms with Crippen LogP contribution in [0.2, 0.25) is 0 Å². The number of nitrogens with two attached hydrogens (primary N) is 1. The van der Waals surface area contributed by atoms with Crippen LogP contribution in [0.15, 0.2) is 0 Å². The zero-order valence-electron chi connectivity index (χ0n) is 9.95. The number of hydrogen-bond donors (Lipinski definition) is 1. The molecule has 0 amide bonds. The molecule has 16 heavy (non-hydrogen) atoms. The minimum absolute atomic E-state index is 0.560. The quantitative estimate of drug-likeness (QED) is 0.786. The summed E-state index contributed by atoms with van der Waals surface area (Å²) in [7, 11) is 2.12. The number of anilines is 1. The Morgan fingerprint density at radius 3 is 2.62 bits per heavy atom. The van der Waals surface area contributed by atoms with E-state index in [9.17, 15) is 0 Å². The summed E-state index contributed by atoms with van der Waals surface area (Å²) in [6.45, 7) is 1.92. The number of fused-ring (bicyclic) bond motifs is 1. The molecule has 3 rings (SSSR count). The highest BCUT2D eigenvalue weighted by Crippen LogP contribution is 2.34. The molecule has 0 bridgehead atoms. The zero-order chi connectivity index (χ0) is 11.1. The topological polar surface area (TPSA) is 47.1 Å². The maximum Gasteiger partial charge on any atom is 0.126 e. The summed E-state index contributed by atoms with van der Waals surface area (Å²) in [5.74, 6) is 0.922. The standard InChI is InChI=1S/C12H20N4/c1-15-7-10-11(8-15)14-16(12(10)13)9-5-3-2-4-6-9/h9H,2-8,13H2,1H3. The van der Waals surface area contributed by atoms with Gasteiger partial charge in [-0.1, -0.05) is 19.3 Å². The summed E-state index contributed by atoms with van der Waals surface area (Å²) in [5, 5.41) is 4.71. The fourth-order valence-electron chi connectivity index (χ4n) is 3.02. The third kappa shape index (κ3) is 1.52. The van der Waals surface area contributed by atoms with Gasteiger partial charge in [0.05, 0.1) is 11.7 Å². The van der Waals surface area contributed by atoms with E-state index in [0.29, 0.717) is 6.04 Å². The van der Waals surface area contributed by atoms with E-state index in [1.165, 1.54) is 43.4 Å². The summed E-state index contributed by atoms with van der Waals surface area (Å²) >= 11 is 0. The Labute approximate surface area is 96.4 Å². The molecule has 2 N–H and O–H groups in total. The molecule has 1 aromatic rings. The van der Waals surface area contributed by atoms with Gasteiger partial charge >= 0.3 is 0 Å². The van der Waals surface area contributed by atoms with Gasteiger partial charge in [0, 0.05) is 18.7 Å². The Morgan fingerprint density at radius 1 is 1.19 bits per heavy atom. The molecule has 0 aromatic carbocycles. The van der Waals surface area contributed by atoms with Crippen molar-refractivity contribution in [3.63, 3.8) is 0 Å². The highest BCUT2D eigenvalue weighted by molar-refractivity contribution is 5.45. The largest absolute Gasteiger partial charge is 0.384 e. The normalized spacial score (nSPS) is 22.6. The van der Waals surface area contributed by atoms with Gasteiger partial charge in [-0.05, 0) is 19.9 Å². The lowest BCUT2D eigenvalue weighted by atomic mass is 9.96. The van der Waals surface area contributed by atoms with E-state index in [-0.39, 0.29) is 0 Å². The molecular weight excluding hydrogens is 200 g/mol. The summed E-state index contributed by atoms with van der Waals surface area (Å²) in [4.78, 5) is 2.26. The van der Waals surface area contributed by atoms with Crippen LogP contribution in [0.3, 0.4) is 0 Å². The Bertz CT molecular complexity index is 390. The van der Waals surface area contributed by atoms with Gasteiger partial charge < -0.3 is 5.73 Å². The van der Waals surface area contributed by atoms with E-state index in [4.69, 9.17) is 10.8 Å². The van der Waals surface area contributed by atoms with Crippen LogP contribution in [-0.4, -0.2) is 21.7 Å². The molecule has 1 saturated carbocycles. The van der Waals surface area contributed by atoms with Crippen molar-refractivity contribution in [3.05, 3.63) is 11.3 Å². The number of aromatic nitrogens is 2. The first-order valence-corrected chi connectivity index (χ1v) is 6.30. The molecule has 2 heterocycles. The molecule has 0 atom stereocenters. The molecule has 0 radical (unpaired) electrons. The Morgan fingerprint density at radius 2 is 1.94 bits per heavy atom. The lowest BCUT2D eigenvalue weighted by molar-refractivity contribution is 0.315. The number of nitrogen functional groups attached to an aromatic ring is 1. The molecule has 88 valence electrons. The van der Waals surface area contributed by atoms with E-state index in [0.717, 1.165) is 18.9 Å². The highest BCUT2D eigenvalue weighted by Gasteiger charge is 2.27. The monoisotopic (exact) mass is 220 g/mol. The smallest absolute Gasteiger partial charge is 0.126 e. The van der Waals surface area contributed by atoms with Crippen molar-refractivity contribution in [1.82, 2.24) is 14.7 Å². The molecule has 4 nitrogen and oxygen atoms in total. The van der Waals surface area contributed by atoms with Gasteiger partial charge in [0.15, 0.2) is 0 Å². The molecule has 1 fully saturated rings. The summed E-state index contributed by atoms with van der Waals surface area (Å²) < 4.78 is 2.11. The van der Waals surface area contributed by atoms with Gasteiger partial charge in [-0.3, -0.25) is 4.90 Å². The van der Waals surface area contributed by atoms with Gasteiger partial charge in [0.1, 0.15) is 5.82 Å². The molecule has 1 aliphatic heterocycles. The van der Waals surface area contributed by atoms with Gasteiger partial charge in [-0.2, -0.15) is 5.10 Å². The van der Waals surface area contributed by atoms with E-state index in [1.54, 1.807) is 0 Å². The van der Waals surface area contributed by atoms with Crippen LogP contribution < -0.4 is 5.73 Å². The third-order valence-corrected chi connectivity index (χ3v) is 3.90. The SMILES string of the molecule is CN1Cc2nn(C3CCCCC3)c(N)c2C1. The number of hydrogen-bond acceptors (Lipinski definition) is 3. The fourth-order valence-corrected chi connectivity index (χ4v) is 3.02. The van der Waals surface area contributed by atoms with E-state index in [2.05, 4.69) is 16.6 Å². The van der Waals surface area contributed by atoms with Crippen molar-refractivity contribution >= 4 is 5.82 Å². The summed E-state index contributed by atoms with van der Waals surface area (Å²) in [6.07, 6.45) is 6.53. The lowest BCUT2D eigenvalue weighted by Crippen LogP contribution is -2.18. The molecule has 2 aliphatic rings. The lowest BCUT2D eigenvalue weighted by Gasteiger charge is -2.23. The first-order chi connectivity index (χ1) is 7.75. The van der Waals surface area contributed by atoms with E-state index in [1.807, 2.05) is 0 Å². The van der Waals surface area contributed by atoms with Crippen LogP contribution in [0.4, 0.5) is 5.82 Å². The molecule has 1 aromatic heterocycles. The van der Waals surface area contributed by atoms with Crippen LogP contribution in [-0.2, 0) is 13.1 Å². The second-order valence-electron chi connectivity index (χ2n) is 5.22. The Hall–Kier alpha value is -1.03. The maximum absolute atomic E-state index is 6.22. The predicted octanol–water partition coefficient (Wildman–Crippen LogP) is 1.92. The molecular formula is C12H20N4. The van der Waals surface area contributed by atoms with Crippen LogP contribution in [0, 0.1) is 0 Å². The third-order valence-electron chi connectivity index (χ3n) is 3.90. The summed E-state index contributed by atoms with van der Waals surface area (Å²) in [5.41, 5.74) is 8.69. The predicted molar refractivity (Wildman–Crippen MR) is 63.9 cm³/mol. The van der Waals surface area contributed by atoms with Gasteiger partial charge in [-0.25, -0.2) is 4.68 Å². The van der Waals surface area contributed by atoms with Crippen LogP contribution >= 0.6 is 0 Å². The average molecular weight is 220 g/mol. The first-order valence-electron chi connectivity index (χ1n) is 6.30. The Balaban J connectivity index is 1.89.